The van der Waals surface area contributed by atoms with Crippen molar-refractivity contribution in [2.75, 3.05) is 5.73 Å². The second kappa shape index (κ2) is 4.66. The summed E-state index contributed by atoms with van der Waals surface area (Å²) in [6.07, 6.45) is 0. The van der Waals surface area contributed by atoms with Gasteiger partial charge in [0.1, 0.15) is 6.61 Å². The third-order valence-corrected chi connectivity index (χ3v) is 3.57. The number of ether oxygens (including phenoxy) is 1. The highest BCUT2D eigenvalue weighted by atomic mass is 32.1. The molecule has 0 aliphatic rings. The summed E-state index contributed by atoms with van der Waals surface area (Å²) in [6.45, 7) is 0.514. The van der Waals surface area contributed by atoms with Crippen molar-refractivity contribution in [1.82, 2.24) is 4.98 Å². The molecule has 3 nitrogen and oxygen atoms in total. The van der Waals surface area contributed by atoms with Crippen LogP contribution in [0.5, 0.6) is 5.19 Å². The molecule has 1 aromatic heterocycles. The Morgan fingerprint density at radius 2 is 1.83 bits per heavy atom. The number of fused-ring (bicyclic) bond motifs is 1. The average Bonchev–Trinajstić information content (AvgIpc) is 2.81. The van der Waals surface area contributed by atoms with E-state index in [1.165, 1.54) is 0 Å². The molecule has 2 aromatic carbocycles. The van der Waals surface area contributed by atoms with Crippen LogP contribution < -0.4 is 10.5 Å². The summed E-state index contributed by atoms with van der Waals surface area (Å²) in [5.41, 5.74) is 8.46. The van der Waals surface area contributed by atoms with Gasteiger partial charge in [-0.3, -0.25) is 0 Å². The van der Waals surface area contributed by atoms with E-state index in [2.05, 4.69) is 4.98 Å². The highest BCUT2D eigenvalue weighted by Crippen LogP contribution is 2.27. The molecule has 0 spiro atoms. The zero-order valence-corrected chi connectivity index (χ0v) is 10.5. The number of hydrogen-bond acceptors (Lipinski definition) is 4. The van der Waals surface area contributed by atoms with E-state index in [-0.39, 0.29) is 0 Å². The molecule has 0 amide bonds. The summed E-state index contributed by atoms with van der Waals surface area (Å²) in [4.78, 5) is 4.42. The van der Waals surface area contributed by atoms with Gasteiger partial charge in [-0.15, -0.1) is 0 Å². The molecule has 18 heavy (non-hydrogen) atoms. The van der Waals surface area contributed by atoms with Gasteiger partial charge in [0.05, 0.1) is 10.2 Å². The number of nitrogens with zero attached hydrogens (tertiary/aromatic N) is 1. The highest BCUT2D eigenvalue weighted by molar-refractivity contribution is 7.20. The Balaban J connectivity index is 1.74. The third-order valence-electron chi connectivity index (χ3n) is 2.62. The fourth-order valence-electron chi connectivity index (χ4n) is 1.67. The lowest BCUT2D eigenvalue weighted by Crippen LogP contribution is -1.95. The Labute approximate surface area is 109 Å². The molecule has 3 rings (SSSR count). The number of nitrogens with two attached hydrogens (primary N) is 1. The van der Waals surface area contributed by atoms with Gasteiger partial charge in [0, 0.05) is 5.69 Å². The van der Waals surface area contributed by atoms with Crippen LogP contribution >= 0.6 is 11.3 Å². The first-order valence-electron chi connectivity index (χ1n) is 5.64. The first-order valence-corrected chi connectivity index (χ1v) is 6.46. The van der Waals surface area contributed by atoms with E-state index in [1.807, 2.05) is 48.5 Å². The number of benzene rings is 2. The molecule has 0 atom stereocenters. The highest BCUT2D eigenvalue weighted by Gasteiger charge is 2.03. The van der Waals surface area contributed by atoms with Crippen molar-refractivity contribution in [2.24, 2.45) is 0 Å². The largest absolute Gasteiger partial charge is 0.465 e. The van der Waals surface area contributed by atoms with E-state index in [4.69, 9.17) is 10.5 Å². The molecule has 0 fully saturated rings. The van der Waals surface area contributed by atoms with E-state index in [0.717, 1.165) is 21.5 Å². The normalized spacial score (nSPS) is 10.7. The van der Waals surface area contributed by atoms with Gasteiger partial charge < -0.3 is 10.5 Å². The molecular formula is C14H12N2OS. The maximum Gasteiger partial charge on any atom is 0.274 e. The van der Waals surface area contributed by atoms with Crippen molar-refractivity contribution in [2.45, 2.75) is 6.61 Å². The summed E-state index contributed by atoms with van der Waals surface area (Å²) < 4.78 is 6.83. The van der Waals surface area contributed by atoms with Crippen LogP contribution in [0, 0.1) is 0 Å². The van der Waals surface area contributed by atoms with Crippen molar-refractivity contribution in [3.05, 3.63) is 54.1 Å². The van der Waals surface area contributed by atoms with Gasteiger partial charge in [0.25, 0.3) is 5.19 Å². The van der Waals surface area contributed by atoms with Crippen molar-refractivity contribution in [3.63, 3.8) is 0 Å². The van der Waals surface area contributed by atoms with Gasteiger partial charge >= 0.3 is 0 Å². The molecule has 90 valence electrons. The van der Waals surface area contributed by atoms with Crippen LogP contribution in [0.3, 0.4) is 0 Å². The maximum absolute atomic E-state index is 5.68. The van der Waals surface area contributed by atoms with Gasteiger partial charge in [-0.1, -0.05) is 35.6 Å². The number of hydrogen-bond donors (Lipinski definition) is 1. The number of aromatic nitrogens is 1. The van der Waals surface area contributed by atoms with Gasteiger partial charge in [-0.2, -0.15) is 0 Å². The second-order valence-electron chi connectivity index (χ2n) is 3.98. The Morgan fingerprint density at radius 3 is 2.61 bits per heavy atom. The number of nitrogen functional groups attached to an aromatic ring is 1. The van der Waals surface area contributed by atoms with E-state index in [9.17, 15) is 0 Å². The van der Waals surface area contributed by atoms with E-state index in [1.54, 1.807) is 11.3 Å². The summed E-state index contributed by atoms with van der Waals surface area (Å²) >= 11 is 1.56. The Kier molecular flexibility index (Phi) is 2.86. The second-order valence-corrected chi connectivity index (χ2v) is 4.97. The SMILES string of the molecule is Nc1ccc(COc2nc3ccccc3s2)cc1. The molecule has 1 heterocycles. The van der Waals surface area contributed by atoms with Crippen LogP contribution in [0.15, 0.2) is 48.5 Å². The molecule has 0 unspecified atom stereocenters. The van der Waals surface area contributed by atoms with Gasteiger partial charge in [-0.25, -0.2) is 4.98 Å². The molecule has 3 aromatic rings. The minimum atomic E-state index is 0.514. The fourth-order valence-corrected chi connectivity index (χ4v) is 2.49. The predicted octanol–water partition coefficient (Wildman–Crippen LogP) is 3.46. The fraction of sp³-hybridized carbons (Fsp3) is 0.0714. The van der Waals surface area contributed by atoms with Crippen LogP contribution in [-0.2, 0) is 6.61 Å². The van der Waals surface area contributed by atoms with Gasteiger partial charge in [-0.05, 0) is 29.8 Å². The van der Waals surface area contributed by atoms with Crippen LogP contribution in [0.2, 0.25) is 0 Å². The molecule has 0 aliphatic carbocycles. The zero-order valence-electron chi connectivity index (χ0n) is 9.67. The summed E-state index contributed by atoms with van der Waals surface area (Å²) in [7, 11) is 0. The topological polar surface area (TPSA) is 48.1 Å². The summed E-state index contributed by atoms with van der Waals surface area (Å²) in [5.74, 6) is 0. The molecular weight excluding hydrogens is 244 g/mol. The quantitative estimate of drug-likeness (QED) is 0.730. The first kappa shape index (κ1) is 11.0. The number of rotatable bonds is 3. The lowest BCUT2D eigenvalue weighted by Gasteiger charge is -2.02. The van der Waals surface area contributed by atoms with Crippen molar-refractivity contribution in [3.8, 4) is 5.19 Å². The monoisotopic (exact) mass is 256 g/mol. The van der Waals surface area contributed by atoms with Crippen molar-refractivity contribution < 1.29 is 4.74 Å². The Bertz CT molecular complexity index is 628. The molecule has 2 N–H and O–H groups in total. The number of thiazole rings is 1. The van der Waals surface area contributed by atoms with Crippen LogP contribution in [0.4, 0.5) is 5.69 Å². The zero-order chi connectivity index (χ0) is 12.4. The predicted molar refractivity (Wildman–Crippen MR) is 74.8 cm³/mol. The third kappa shape index (κ3) is 2.28. The Hall–Kier alpha value is -2.07. The minimum absolute atomic E-state index is 0.514. The van der Waals surface area contributed by atoms with Gasteiger partial charge in [0.15, 0.2) is 0 Å². The van der Waals surface area contributed by atoms with Gasteiger partial charge in [0.2, 0.25) is 0 Å². The van der Waals surface area contributed by atoms with Crippen LogP contribution in [0.1, 0.15) is 5.56 Å². The van der Waals surface area contributed by atoms with Crippen LogP contribution in [0.25, 0.3) is 10.2 Å². The van der Waals surface area contributed by atoms with E-state index in [0.29, 0.717) is 11.8 Å². The van der Waals surface area contributed by atoms with E-state index >= 15 is 0 Å². The molecule has 0 radical (unpaired) electrons. The summed E-state index contributed by atoms with van der Waals surface area (Å²) in [6, 6.07) is 15.7. The smallest absolute Gasteiger partial charge is 0.274 e. The van der Waals surface area contributed by atoms with Crippen molar-refractivity contribution in [1.29, 1.82) is 0 Å². The average molecular weight is 256 g/mol. The molecule has 0 bridgehead atoms. The summed E-state index contributed by atoms with van der Waals surface area (Å²) in [5, 5.41) is 0.702. The Morgan fingerprint density at radius 1 is 1.06 bits per heavy atom. The molecule has 0 aliphatic heterocycles. The molecule has 0 saturated carbocycles. The maximum atomic E-state index is 5.68. The van der Waals surface area contributed by atoms with Crippen LogP contribution in [-0.4, -0.2) is 4.98 Å². The number of para-hydroxylation sites is 1. The lowest BCUT2D eigenvalue weighted by molar-refractivity contribution is 0.305. The molecule has 0 saturated heterocycles. The molecule has 4 heteroatoms. The van der Waals surface area contributed by atoms with E-state index < -0.39 is 0 Å². The number of anilines is 1. The lowest BCUT2D eigenvalue weighted by atomic mass is 10.2. The standard InChI is InChI=1S/C14H12N2OS/c15-11-7-5-10(6-8-11)9-17-14-16-12-3-1-2-4-13(12)18-14/h1-8H,9,15H2. The van der Waals surface area contributed by atoms with Crippen molar-refractivity contribution >= 4 is 27.2 Å². The first-order chi connectivity index (χ1) is 8.81. The minimum Gasteiger partial charge on any atom is -0.465 e.